The second kappa shape index (κ2) is 7.51. The maximum absolute atomic E-state index is 6.07. The zero-order chi connectivity index (χ0) is 13.4. The summed E-state index contributed by atoms with van der Waals surface area (Å²) in [6, 6.07) is 9.92. The highest BCUT2D eigenvalue weighted by atomic mass is 16.5. The van der Waals surface area contributed by atoms with E-state index in [-0.39, 0.29) is 5.60 Å². The Morgan fingerprint density at radius 1 is 1.16 bits per heavy atom. The molecule has 0 aliphatic heterocycles. The second-order valence-electron chi connectivity index (χ2n) is 5.15. The first kappa shape index (κ1) is 14.4. The Kier molecular flexibility index (Phi) is 5.67. The maximum atomic E-state index is 6.07. The van der Waals surface area contributed by atoms with Crippen LogP contribution in [-0.4, -0.2) is 31.9 Å². The van der Waals surface area contributed by atoms with E-state index in [2.05, 4.69) is 12.2 Å². The lowest BCUT2D eigenvalue weighted by Gasteiger charge is -2.42. The summed E-state index contributed by atoms with van der Waals surface area (Å²) >= 11 is 0. The minimum atomic E-state index is 0.127. The van der Waals surface area contributed by atoms with Crippen molar-refractivity contribution in [2.24, 2.45) is 0 Å². The Morgan fingerprint density at radius 3 is 2.58 bits per heavy atom. The van der Waals surface area contributed by atoms with E-state index < -0.39 is 0 Å². The monoisotopic (exact) mass is 263 g/mol. The molecule has 19 heavy (non-hydrogen) atoms. The third kappa shape index (κ3) is 4.51. The van der Waals surface area contributed by atoms with Gasteiger partial charge in [-0.15, -0.1) is 0 Å². The minimum absolute atomic E-state index is 0.127. The third-order valence-electron chi connectivity index (χ3n) is 3.78. The van der Waals surface area contributed by atoms with Gasteiger partial charge in [-0.3, -0.25) is 0 Å². The molecule has 1 aliphatic carbocycles. The second-order valence-corrected chi connectivity index (χ2v) is 5.15. The fourth-order valence-electron chi connectivity index (χ4n) is 2.47. The molecule has 0 aromatic heterocycles. The Hall–Kier alpha value is -1.06. The van der Waals surface area contributed by atoms with Crippen molar-refractivity contribution < 1.29 is 9.47 Å². The van der Waals surface area contributed by atoms with E-state index in [0.717, 1.165) is 25.3 Å². The molecule has 1 aromatic rings. The molecule has 0 spiro atoms. The average Bonchev–Trinajstić information content (AvgIpc) is 2.41. The fraction of sp³-hybridized carbons (Fsp3) is 0.625. The van der Waals surface area contributed by atoms with Crippen LogP contribution in [-0.2, 0) is 4.74 Å². The summed E-state index contributed by atoms with van der Waals surface area (Å²) in [5, 5.41) is 3.38. The first-order chi connectivity index (χ1) is 9.35. The molecule has 0 atom stereocenters. The standard InChI is InChI=1S/C16H25NO2/c1-2-17-12-11-16(9-6-10-16)19-14-13-18-15-7-4-3-5-8-15/h3-5,7-8,17H,2,6,9-14H2,1H3. The van der Waals surface area contributed by atoms with Crippen molar-refractivity contribution in [3.8, 4) is 5.75 Å². The molecule has 3 nitrogen and oxygen atoms in total. The van der Waals surface area contributed by atoms with Crippen LogP contribution in [0, 0.1) is 0 Å². The number of nitrogens with one attached hydrogen (secondary N) is 1. The van der Waals surface area contributed by atoms with Crippen molar-refractivity contribution in [3.05, 3.63) is 30.3 Å². The average molecular weight is 263 g/mol. The van der Waals surface area contributed by atoms with Crippen molar-refractivity contribution in [3.63, 3.8) is 0 Å². The molecule has 1 fully saturated rings. The molecular formula is C16H25NO2. The van der Waals surface area contributed by atoms with Crippen molar-refractivity contribution in [1.82, 2.24) is 5.32 Å². The van der Waals surface area contributed by atoms with Gasteiger partial charge in [-0.05, 0) is 50.9 Å². The molecule has 1 aliphatic rings. The Labute approximate surface area is 116 Å². The van der Waals surface area contributed by atoms with Crippen LogP contribution in [0.5, 0.6) is 5.75 Å². The molecule has 3 heteroatoms. The smallest absolute Gasteiger partial charge is 0.119 e. The summed E-state index contributed by atoms with van der Waals surface area (Å²) in [6.45, 7) is 5.54. The van der Waals surface area contributed by atoms with Crippen molar-refractivity contribution in [2.75, 3.05) is 26.3 Å². The third-order valence-corrected chi connectivity index (χ3v) is 3.78. The SMILES string of the molecule is CCNCCC1(OCCOc2ccccc2)CCC1. The zero-order valence-corrected chi connectivity index (χ0v) is 11.9. The summed E-state index contributed by atoms with van der Waals surface area (Å²) in [7, 11) is 0. The van der Waals surface area contributed by atoms with Crippen LogP contribution in [0.15, 0.2) is 30.3 Å². The molecule has 2 rings (SSSR count). The minimum Gasteiger partial charge on any atom is -0.491 e. The van der Waals surface area contributed by atoms with E-state index >= 15 is 0 Å². The number of rotatable bonds is 9. The maximum Gasteiger partial charge on any atom is 0.119 e. The van der Waals surface area contributed by atoms with Crippen LogP contribution >= 0.6 is 0 Å². The van der Waals surface area contributed by atoms with Gasteiger partial charge in [0.1, 0.15) is 12.4 Å². The predicted molar refractivity (Wildman–Crippen MR) is 77.6 cm³/mol. The van der Waals surface area contributed by atoms with Crippen molar-refractivity contribution in [1.29, 1.82) is 0 Å². The van der Waals surface area contributed by atoms with E-state index in [1.54, 1.807) is 0 Å². The number of ether oxygens (including phenoxy) is 2. The summed E-state index contributed by atoms with van der Waals surface area (Å²) in [6.07, 6.45) is 4.81. The van der Waals surface area contributed by atoms with Gasteiger partial charge in [-0.2, -0.15) is 0 Å². The van der Waals surface area contributed by atoms with E-state index in [1.807, 2.05) is 30.3 Å². The molecule has 1 N–H and O–H groups in total. The molecule has 1 saturated carbocycles. The van der Waals surface area contributed by atoms with E-state index in [4.69, 9.17) is 9.47 Å². The molecule has 0 saturated heterocycles. The summed E-state index contributed by atoms with van der Waals surface area (Å²) < 4.78 is 11.7. The van der Waals surface area contributed by atoms with Gasteiger partial charge in [0.2, 0.25) is 0 Å². The predicted octanol–water partition coefficient (Wildman–Crippen LogP) is 3.00. The van der Waals surface area contributed by atoms with Gasteiger partial charge in [0.25, 0.3) is 0 Å². The lowest BCUT2D eigenvalue weighted by atomic mass is 9.77. The molecule has 0 amide bonds. The first-order valence-electron chi connectivity index (χ1n) is 7.37. The zero-order valence-electron chi connectivity index (χ0n) is 11.9. The highest BCUT2D eigenvalue weighted by molar-refractivity contribution is 5.20. The number of hydrogen-bond acceptors (Lipinski definition) is 3. The number of hydrogen-bond donors (Lipinski definition) is 1. The van der Waals surface area contributed by atoms with Crippen molar-refractivity contribution >= 4 is 0 Å². The van der Waals surface area contributed by atoms with Crippen LogP contribution < -0.4 is 10.1 Å². The normalized spacial score (nSPS) is 16.9. The van der Waals surface area contributed by atoms with Gasteiger partial charge >= 0.3 is 0 Å². The van der Waals surface area contributed by atoms with Crippen LogP contribution in [0.3, 0.4) is 0 Å². The summed E-state index contributed by atoms with van der Waals surface area (Å²) in [5.74, 6) is 0.918. The fourth-order valence-corrected chi connectivity index (χ4v) is 2.47. The number of para-hydroxylation sites is 1. The van der Waals surface area contributed by atoms with E-state index in [0.29, 0.717) is 13.2 Å². The van der Waals surface area contributed by atoms with Crippen LogP contribution in [0.2, 0.25) is 0 Å². The molecule has 0 radical (unpaired) electrons. The van der Waals surface area contributed by atoms with Gasteiger partial charge in [0, 0.05) is 0 Å². The number of benzene rings is 1. The Balaban J connectivity index is 1.63. The first-order valence-corrected chi connectivity index (χ1v) is 7.37. The Morgan fingerprint density at radius 2 is 1.95 bits per heavy atom. The molecule has 1 aromatic carbocycles. The van der Waals surface area contributed by atoms with Crippen LogP contribution in [0.1, 0.15) is 32.6 Å². The highest BCUT2D eigenvalue weighted by Crippen LogP contribution is 2.38. The molecule has 0 bridgehead atoms. The summed E-state index contributed by atoms with van der Waals surface area (Å²) in [4.78, 5) is 0. The van der Waals surface area contributed by atoms with Crippen LogP contribution in [0.25, 0.3) is 0 Å². The Bertz CT molecular complexity index is 349. The lowest BCUT2D eigenvalue weighted by Crippen LogP contribution is -2.43. The molecule has 0 unspecified atom stereocenters. The molecule has 106 valence electrons. The molecular weight excluding hydrogens is 238 g/mol. The van der Waals surface area contributed by atoms with Gasteiger partial charge in [-0.25, -0.2) is 0 Å². The summed E-state index contributed by atoms with van der Waals surface area (Å²) in [5.41, 5.74) is 0.127. The van der Waals surface area contributed by atoms with Crippen LogP contribution in [0.4, 0.5) is 0 Å². The van der Waals surface area contributed by atoms with Gasteiger partial charge < -0.3 is 14.8 Å². The molecule has 0 heterocycles. The topological polar surface area (TPSA) is 30.5 Å². The largest absolute Gasteiger partial charge is 0.491 e. The van der Waals surface area contributed by atoms with E-state index in [9.17, 15) is 0 Å². The van der Waals surface area contributed by atoms with Gasteiger partial charge in [-0.1, -0.05) is 25.1 Å². The van der Waals surface area contributed by atoms with E-state index in [1.165, 1.54) is 19.3 Å². The van der Waals surface area contributed by atoms with Gasteiger partial charge in [0.05, 0.1) is 12.2 Å². The lowest BCUT2D eigenvalue weighted by molar-refractivity contribution is -0.110. The van der Waals surface area contributed by atoms with Gasteiger partial charge in [0.15, 0.2) is 0 Å². The van der Waals surface area contributed by atoms with Crippen molar-refractivity contribution in [2.45, 2.75) is 38.2 Å². The quantitative estimate of drug-likeness (QED) is 0.695. The highest BCUT2D eigenvalue weighted by Gasteiger charge is 2.37.